The van der Waals surface area contributed by atoms with Crippen molar-refractivity contribution in [3.63, 3.8) is 0 Å². The minimum absolute atomic E-state index is 0.0104. The normalized spacial score (nSPS) is 10.3. The molecule has 104 valence electrons. The average molecular weight is 279 g/mol. The highest BCUT2D eigenvalue weighted by Gasteiger charge is 2.09. The van der Waals surface area contributed by atoms with Crippen molar-refractivity contribution in [2.75, 3.05) is 0 Å². The number of hydrogen-bond acceptors (Lipinski definition) is 4. The number of aromatic nitrogens is 1. The molecule has 0 aliphatic carbocycles. The molecule has 0 aliphatic heterocycles. The first-order valence-corrected chi connectivity index (χ1v) is 5.76. The molecular formula is C14H11F2NO3. The van der Waals surface area contributed by atoms with Gasteiger partial charge in [-0.1, -0.05) is 6.07 Å². The summed E-state index contributed by atoms with van der Waals surface area (Å²) in [5.74, 6) is -0.554. The number of rotatable bonds is 5. The molecule has 0 unspecified atom stereocenters. The standard InChI is InChI=1S/C14H11F2NO3/c15-14(16)20-12-5-3-11(4-6-12)13(18)19-9-10-2-1-7-17-8-10/h1-8,14H,9H2. The van der Waals surface area contributed by atoms with Crippen LogP contribution in [0.5, 0.6) is 5.75 Å². The van der Waals surface area contributed by atoms with Crippen LogP contribution in [0.2, 0.25) is 0 Å². The monoisotopic (exact) mass is 279 g/mol. The SMILES string of the molecule is O=C(OCc1cccnc1)c1ccc(OC(F)F)cc1. The number of nitrogens with zero attached hydrogens (tertiary/aromatic N) is 1. The van der Waals surface area contributed by atoms with Crippen LogP contribution in [0.4, 0.5) is 8.78 Å². The number of ether oxygens (including phenoxy) is 2. The number of hydrogen-bond donors (Lipinski definition) is 0. The van der Waals surface area contributed by atoms with Crippen LogP contribution in [0, 0.1) is 0 Å². The summed E-state index contributed by atoms with van der Waals surface area (Å²) in [7, 11) is 0. The molecule has 0 amide bonds. The van der Waals surface area contributed by atoms with E-state index in [0.29, 0.717) is 0 Å². The Hall–Kier alpha value is -2.50. The zero-order chi connectivity index (χ0) is 14.4. The van der Waals surface area contributed by atoms with Crippen LogP contribution in [0.25, 0.3) is 0 Å². The Labute approximate surface area is 114 Å². The number of halogens is 2. The molecule has 0 saturated heterocycles. The molecule has 0 aliphatic rings. The van der Waals surface area contributed by atoms with Crippen molar-refractivity contribution < 1.29 is 23.0 Å². The first-order valence-electron chi connectivity index (χ1n) is 5.76. The smallest absolute Gasteiger partial charge is 0.387 e. The Morgan fingerprint density at radius 2 is 1.95 bits per heavy atom. The third-order valence-corrected chi connectivity index (χ3v) is 2.41. The van der Waals surface area contributed by atoms with Crippen LogP contribution in [-0.2, 0) is 11.3 Å². The van der Waals surface area contributed by atoms with E-state index in [1.54, 1.807) is 24.5 Å². The van der Waals surface area contributed by atoms with Gasteiger partial charge in [0.05, 0.1) is 5.56 Å². The highest BCUT2D eigenvalue weighted by Crippen LogP contribution is 2.15. The van der Waals surface area contributed by atoms with E-state index in [2.05, 4.69) is 9.72 Å². The van der Waals surface area contributed by atoms with Crippen LogP contribution >= 0.6 is 0 Å². The van der Waals surface area contributed by atoms with Crippen molar-refractivity contribution in [2.45, 2.75) is 13.2 Å². The van der Waals surface area contributed by atoms with Gasteiger partial charge in [0.2, 0.25) is 0 Å². The maximum Gasteiger partial charge on any atom is 0.387 e. The molecule has 0 atom stereocenters. The summed E-state index contributed by atoms with van der Waals surface area (Å²) in [6.07, 6.45) is 3.21. The van der Waals surface area contributed by atoms with E-state index in [4.69, 9.17) is 4.74 Å². The van der Waals surface area contributed by atoms with Crippen molar-refractivity contribution in [2.24, 2.45) is 0 Å². The second kappa shape index (κ2) is 6.60. The molecule has 1 aromatic carbocycles. The first kappa shape index (κ1) is 13.9. The van der Waals surface area contributed by atoms with Gasteiger partial charge in [0.1, 0.15) is 12.4 Å². The molecule has 0 saturated carbocycles. The summed E-state index contributed by atoms with van der Waals surface area (Å²) in [4.78, 5) is 15.6. The maximum absolute atomic E-state index is 12.0. The largest absolute Gasteiger partial charge is 0.457 e. The molecule has 2 rings (SSSR count). The fourth-order valence-electron chi connectivity index (χ4n) is 1.49. The van der Waals surface area contributed by atoms with Gasteiger partial charge in [-0.15, -0.1) is 0 Å². The molecule has 0 fully saturated rings. The summed E-state index contributed by atoms with van der Waals surface area (Å²) in [5.41, 5.74) is 1.02. The van der Waals surface area contributed by atoms with Gasteiger partial charge in [-0.05, 0) is 30.3 Å². The van der Waals surface area contributed by atoms with Crippen molar-refractivity contribution >= 4 is 5.97 Å². The molecule has 1 heterocycles. The van der Waals surface area contributed by atoms with Crippen LogP contribution < -0.4 is 4.74 Å². The molecular weight excluding hydrogens is 268 g/mol. The van der Waals surface area contributed by atoms with Gasteiger partial charge in [0.25, 0.3) is 0 Å². The molecule has 0 bridgehead atoms. The molecule has 4 nitrogen and oxygen atoms in total. The number of alkyl halides is 2. The second-order valence-corrected chi connectivity index (χ2v) is 3.84. The molecule has 6 heteroatoms. The molecule has 2 aromatic rings. The zero-order valence-corrected chi connectivity index (χ0v) is 10.3. The number of pyridine rings is 1. The van der Waals surface area contributed by atoms with Gasteiger partial charge in [-0.25, -0.2) is 4.79 Å². The van der Waals surface area contributed by atoms with Crippen LogP contribution in [-0.4, -0.2) is 17.6 Å². The lowest BCUT2D eigenvalue weighted by Gasteiger charge is -2.06. The Morgan fingerprint density at radius 3 is 2.55 bits per heavy atom. The Kier molecular flexibility index (Phi) is 4.60. The summed E-state index contributed by atoms with van der Waals surface area (Å²) < 4.78 is 33.2. The van der Waals surface area contributed by atoms with Crippen LogP contribution in [0.1, 0.15) is 15.9 Å². The van der Waals surface area contributed by atoms with Crippen LogP contribution in [0.3, 0.4) is 0 Å². The fraction of sp³-hybridized carbons (Fsp3) is 0.143. The molecule has 0 radical (unpaired) electrons. The predicted molar refractivity (Wildman–Crippen MR) is 66.4 cm³/mol. The minimum Gasteiger partial charge on any atom is -0.457 e. The number of esters is 1. The topological polar surface area (TPSA) is 48.4 Å². The van der Waals surface area contributed by atoms with Gasteiger partial charge in [0, 0.05) is 18.0 Å². The zero-order valence-electron chi connectivity index (χ0n) is 10.3. The summed E-state index contributed by atoms with van der Waals surface area (Å²) in [6, 6.07) is 8.81. The number of benzene rings is 1. The van der Waals surface area contributed by atoms with Gasteiger partial charge in [0.15, 0.2) is 0 Å². The second-order valence-electron chi connectivity index (χ2n) is 3.84. The van der Waals surface area contributed by atoms with E-state index in [-0.39, 0.29) is 17.9 Å². The summed E-state index contributed by atoms with van der Waals surface area (Å²) in [5, 5.41) is 0. The van der Waals surface area contributed by atoms with E-state index in [1.165, 1.54) is 24.3 Å². The maximum atomic E-state index is 12.0. The Bertz CT molecular complexity index is 558. The highest BCUT2D eigenvalue weighted by atomic mass is 19.3. The lowest BCUT2D eigenvalue weighted by molar-refractivity contribution is -0.0498. The number of carbonyl (C=O) groups is 1. The lowest BCUT2D eigenvalue weighted by atomic mass is 10.2. The van der Waals surface area contributed by atoms with Crippen LogP contribution in [0.15, 0.2) is 48.8 Å². The van der Waals surface area contributed by atoms with E-state index >= 15 is 0 Å². The molecule has 0 spiro atoms. The number of carbonyl (C=O) groups excluding carboxylic acids is 1. The van der Waals surface area contributed by atoms with Gasteiger partial charge < -0.3 is 9.47 Å². The summed E-state index contributed by atoms with van der Waals surface area (Å²) >= 11 is 0. The Morgan fingerprint density at radius 1 is 1.20 bits per heavy atom. The van der Waals surface area contributed by atoms with E-state index < -0.39 is 12.6 Å². The predicted octanol–water partition coefficient (Wildman–Crippen LogP) is 3.04. The van der Waals surface area contributed by atoms with Gasteiger partial charge in [-0.3, -0.25) is 4.98 Å². The van der Waals surface area contributed by atoms with E-state index in [0.717, 1.165) is 5.56 Å². The highest BCUT2D eigenvalue weighted by molar-refractivity contribution is 5.89. The first-order chi connectivity index (χ1) is 9.65. The third kappa shape index (κ3) is 4.01. The van der Waals surface area contributed by atoms with Gasteiger partial charge in [-0.2, -0.15) is 8.78 Å². The van der Waals surface area contributed by atoms with Crippen molar-refractivity contribution in [3.05, 3.63) is 59.9 Å². The van der Waals surface area contributed by atoms with Crippen molar-refractivity contribution in [1.82, 2.24) is 4.98 Å². The molecule has 1 aromatic heterocycles. The molecule has 0 N–H and O–H groups in total. The quantitative estimate of drug-likeness (QED) is 0.789. The van der Waals surface area contributed by atoms with E-state index in [9.17, 15) is 13.6 Å². The van der Waals surface area contributed by atoms with Crippen molar-refractivity contribution in [3.8, 4) is 5.75 Å². The fourth-order valence-corrected chi connectivity index (χ4v) is 1.49. The molecule has 20 heavy (non-hydrogen) atoms. The average Bonchev–Trinajstić information content (AvgIpc) is 2.46. The Balaban J connectivity index is 1.92. The van der Waals surface area contributed by atoms with Crippen molar-refractivity contribution in [1.29, 1.82) is 0 Å². The summed E-state index contributed by atoms with van der Waals surface area (Å²) in [6.45, 7) is -2.79. The lowest BCUT2D eigenvalue weighted by Crippen LogP contribution is -2.06. The minimum atomic E-state index is -2.89. The van der Waals surface area contributed by atoms with Gasteiger partial charge >= 0.3 is 12.6 Å². The van der Waals surface area contributed by atoms with E-state index in [1.807, 2.05) is 0 Å². The third-order valence-electron chi connectivity index (χ3n) is 2.41.